The molecular formula is C3Cl3F2. The second-order valence-corrected chi connectivity index (χ2v) is 3.31. The van der Waals surface area contributed by atoms with Gasteiger partial charge in [0.15, 0.2) is 0 Å². The van der Waals surface area contributed by atoms with E-state index in [0.717, 1.165) is 0 Å². The van der Waals surface area contributed by atoms with E-state index in [-0.39, 0.29) is 0 Å². The molecule has 1 aliphatic carbocycles. The molecule has 1 saturated carbocycles. The van der Waals surface area contributed by atoms with Gasteiger partial charge in [-0.15, -0.1) is 0 Å². The van der Waals surface area contributed by atoms with Crippen molar-refractivity contribution in [3.63, 3.8) is 0 Å². The second kappa shape index (κ2) is 1.41. The van der Waals surface area contributed by atoms with E-state index < -0.39 is 15.6 Å². The van der Waals surface area contributed by atoms with Crippen LogP contribution in [-0.4, -0.2) is 9.46 Å². The van der Waals surface area contributed by atoms with Gasteiger partial charge in [-0.05, 0) is 0 Å². The second-order valence-electron chi connectivity index (χ2n) is 1.46. The first-order valence-corrected chi connectivity index (χ1v) is 2.83. The Kier molecular flexibility index (Phi) is 1.21. The topological polar surface area (TPSA) is 0 Å². The minimum atomic E-state index is -2.64. The van der Waals surface area contributed by atoms with Crippen molar-refractivity contribution in [1.82, 2.24) is 0 Å². The molecule has 47 valence electrons. The van der Waals surface area contributed by atoms with Crippen LogP contribution in [0, 0.1) is 6.17 Å². The van der Waals surface area contributed by atoms with Crippen LogP contribution in [-0.2, 0) is 0 Å². The third kappa shape index (κ3) is 0.568. The number of hydrogen-bond donors (Lipinski definition) is 0. The minimum Gasteiger partial charge on any atom is -0.231 e. The highest BCUT2D eigenvalue weighted by atomic mass is 35.5. The Labute approximate surface area is 59.7 Å². The largest absolute Gasteiger partial charge is 0.260 e. The third-order valence-corrected chi connectivity index (χ3v) is 2.38. The molecule has 1 aliphatic rings. The molecule has 0 spiro atoms. The van der Waals surface area contributed by atoms with Crippen LogP contribution in [0.2, 0.25) is 0 Å². The molecule has 0 amide bonds. The van der Waals surface area contributed by atoms with Crippen LogP contribution in [0.15, 0.2) is 0 Å². The summed E-state index contributed by atoms with van der Waals surface area (Å²) in [7, 11) is 0. The van der Waals surface area contributed by atoms with Crippen molar-refractivity contribution >= 4 is 34.8 Å². The maximum atomic E-state index is 12.1. The molecule has 1 rings (SSSR count). The summed E-state index contributed by atoms with van der Waals surface area (Å²) >= 11 is 14.6. The van der Waals surface area contributed by atoms with Crippen LogP contribution in [0.5, 0.6) is 0 Å². The van der Waals surface area contributed by atoms with Gasteiger partial charge in [-0.2, -0.15) is 0 Å². The zero-order chi connectivity index (χ0) is 6.58. The van der Waals surface area contributed by atoms with Crippen molar-refractivity contribution < 1.29 is 8.78 Å². The van der Waals surface area contributed by atoms with E-state index in [1.165, 1.54) is 0 Å². The van der Waals surface area contributed by atoms with Gasteiger partial charge in [-0.3, -0.25) is 0 Å². The highest BCUT2D eigenvalue weighted by Gasteiger charge is 2.81. The highest BCUT2D eigenvalue weighted by molar-refractivity contribution is 6.60. The molecule has 0 bridgehead atoms. The fraction of sp³-hybridized carbons (Fsp3) is 0.667. The molecule has 0 aromatic carbocycles. The van der Waals surface area contributed by atoms with Gasteiger partial charge < -0.3 is 0 Å². The Morgan fingerprint density at radius 1 is 1.25 bits per heavy atom. The summed E-state index contributed by atoms with van der Waals surface area (Å²) in [4.78, 5) is 0. The molecule has 0 nitrogen and oxygen atoms in total. The van der Waals surface area contributed by atoms with Crippen molar-refractivity contribution in [2.45, 2.75) is 9.46 Å². The van der Waals surface area contributed by atoms with Crippen LogP contribution >= 0.6 is 34.8 Å². The van der Waals surface area contributed by atoms with Crippen LogP contribution in [0.3, 0.4) is 0 Å². The van der Waals surface area contributed by atoms with Crippen LogP contribution in [0.4, 0.5) is 8.78 Å². The third-order valence-electron chi connectivity index (χ3n) is 0.883. The van der Waals surface area contributed by atoms with Gasteiger partial charge in [0, 0.05) is 0 Å². The number of halogens is 5. The Balaban J connectivity index is 2.72. The molecule has 0 aromatic rings. The molecule has 1 fully saturated rings. The van der Waals surface area contributed by atoms with Gasteiger partial charge in [0.25, 0.3) is 5.13 Å². The van der Waals surface area contributed by atoms with Crippen molar-refractivity contribution in [3.8, 4) is 0 Å². The van der Waals surface area contributed by atoms with E-state index in [2.05, 4.69) is 0 Å². The van der Waals surface area contributed by atoms with Gasteiger partial charge in [0.1, 0.15) is 0 Å². The molecule has 1 unspecified atom stereocenters. The zero-order valence-corrected chi connectivity index (χ0v) is 5.66. The number of alkyl halides is 4. The summed E-state index contributed by atoms with van der Waals surface area (Å²) in [6.07, 6.45) is -1.23. The average Bonchev–Trinajstić information content (AvgIpc) is 1.88. The SMILES string of the molecule is F[C]1C(F)(Cl)C1(Cl)Cl. The number of hydrogen-bond acceptors (Lipinski definition) is 0. The Morgan fingerprint density at radius 2 is 1.38 bits per heavy atom. The molecule has 1 radical (unpaired) electrons. The predicted molar refractivity (Wildman–Crippen MR) is 28.5 cm³/mol. The predicted octanol–water partition coefficient (Wildman–Crippen LogP) is 2.58. The summed E-state index contributed by atoms with van der Waals surface area (Å²) in [6, 6.07) is 0. The lowest BCUT2D eigenvalue weighted by molar-refractivity contribution is 0.391. The molecule has 0 heterocycles. The first-order valence-electron chi connectivity index (χ1n) is 1.69. The fourth-order valence-corrected chi connectivity index (χ4v) is 0.867. The van der Waals surface area contributed by atoms with Crippen LogP contribution in [0.1, 0.15) is 0 Å². The summed E-state index contributed by atoms with van der Waals surface area (Å²) < 4.78 is 21.8. The smallest absolute Gasteiger partial charge is 0.231 e. The van der Waals surface area contributed by atoms with Gasteiger partial charge in [-0.1, -0.05) is 34.8 Å². The molecule has 0 aliphatic heterocycles. The quantitative estimate of drug-likeness (QED) is 0.503. The Morgan fingerprint density at radius 3 is 1.38 bits per heavy atom. The summed E-state index contributed by atoms with van der Waals surface area (Å²) in [5, 5.41) is -2.64. The molecule has 5 heteroatoms. The van der Waals surface area contributed by atoms with Gasteiger partial charge in [-0.25, -0.2) is 8.78 Å². The first kappa shape index (κ1) is 6.84. The number of rotatable bonds is 0. The van der Waals surface area contributed by atoms with Gasteiger partial charge in [0.2, 0.25) is 10.5 Å². The summed E-state index contributed by atoms with van der Waals surface area (Å²) in [6.45, 7) is 0. The minimum absolute atomic E-state index is 1.23. The van der Waals surface area contributed by atoms with Crippen LogP contribution in [0.25, 0.3) is 0 Å². The van der Waals surface area contributed by atoms with Crippen molar-refractivity contribution in [2.75, 3.05) is 0 Å². The Hall–Kier alpha value is 0.730. The van der Waals surface area contributed by atoms with E-state index in [4.69, 9.17) is 34.8 Å². The standard InChI is InChI=1S/C3Cl3F2/c4-2(5)1(7)3(2,6)8. The molecule has 8 heavy (non-hydrogen) atoms. The van der Waals surface area contributed by atoms with E-state index in [0.29, 0.717) is 0 Å². The maximum Gasteiger partial charge on any atom is 0.260 e. The van der Waals surface area contributed by atoms with E-state index >= 15 is 0 Å². The van der Waals surface area contributed by atoms with Crippen molar-refractivity contribution in [3.05, 3.63) is 6.17 Å². The van der Waals surface area contributed by atoms with Crippen molar-refractivity contribution in [2.24, 2.45) is 0 Å². The molecular weight excluding hydrogens is 180 g/mol. The zero-order valence-electron chi connectivity index (χ0n) is 3.39. The lowest BCUT2D eigenvalue weighted by Crippen LogP contribution is -1.98. The normalized spacial score (nSPS) is 44.6. The molecule has 0 saturated heterocycles. The molecule has 1 atom stereocenters. The monoisotopic (exact) mass is 179 g/mol. The highest BCUT2D eigenvalue weighted by Crippen LogP contribution is 2.69. The van der Waals surface area contributed by atoms with Crippen LogP contribution < -0.4 is 0 Å². The lowest BCUT2D eigenvalue weighted by Gasteiger charge is -1.89. The maximum absolute atomic E-state index is 12.1. The van der Waals surface area contributed by atoms with E-state index in [1.807, 2.05) is 0 Å². The molecule has 0 aromatic heterocycles. The lowest BCUT2D eigenvalue weighted by atomic mass is 10.9. The fourth-order valence-electron chi connectivity index (χ4n) is 0.261. The van der Waals surface area contributed by atoms with E-state index in [1.54, 1.807) is 0 Å². The van der Waals surface area contributed by atoms with Gasteiger partial charge in [0.05, 0.1) is 0 Å². The first-order chi connectivity index (χ1) is 3.40. The average molecular weight is 180 g/mol. The van der Waals surface area contributed by atoms with Crippen molar-refractivity contribution in [1.29, 1.82) is 0 Å². The Bertz CT molecular complexity index is 108. The van der Waals surface area contributed by atoms with E-state index in [9.17, 15) is 8.78 Å². The summed E-state index contributed by atoms with van der Waals surface area (Å²) in [5.74, 6) is 0. The summed E-state index contributed by atoms with van der Waals surface area (Å²) in [5.41, 5.74) is 0. The van der Waals surface area contributed by atoms with Gasteiger partial charge >= 0.3 is 0 Å². The molecule has 0 N–H and O–H groups in total.